The van der Waals surface area contributed by atoms with Gasteiger partial charge in [0.25, 0.3) is 5.91 Å². The molecule has 0 spiro atoms. The van der Waals surface area contributed by atoms with Gasteiger partial charge >= 0.3 is 0 Å². The fourth-order valence-corrected chi connectivity index (χ4v) is 1.74. The second kappa shape index (κ2) is 3.87. The van der Waals surface area contributed by atoms with Gasteiger partial charge in [-0.25, -0.2) is 5.48 Å². The maximum absolute atomic E-state index is 11.3. The van der Waals surface area contributed by atoms with Crippen molar-refractivity contribution in [3.05, 3.63) is 0 Å². The van der Waals surface area contributed by atoms with Crippen LogP contribution in [0, 0.1) is 5.41 Å². The van der Waals surface area contributed by atoms with E-state index in [1.165, 1.54) is 0 Å². The minimum absolute atomic E-state index is 0.253. The third-order valence-corrected chi connectivity index (χ3v) is 2.73. The Kier molecular flexibility index (Phi) is 3.05. The topological polar surface area (TPSA) is 61.4 Å². The first kappa shape index (κ1) is 9.48. The van der Waals surface area contributed by atoms with E-state index in [2.05, 4.69) is 5.32 Å². The van der Waals surface area contributed by atoms with Gasteiger partial charge in [-0.3, -0.25) is 10.0 Å². The third-order valence-electron chi connectivity index (χ3n) is 2.73. The van der Waals surface area contributed by atoms with Gasteiger partial charge in [0, 0.05) is 6.54 Å². The first-order chi connectivity index (χ1) is 5.75. The molecule has 3 N–H and O–H groups in total. The van der Waals surface area contributed by atoms with Gasteiger partial charge in [-0.1, -0.05) is 6.92 Å². The molecule has 1 amide bonds. The second-order valence-corrected chi connectivity index (χ2v) is 3.36. The minimum atomic E-state index is -0.382. The Morgan fingerprint density at radius 2 is 2.50 bits per heavy atom. The monoisotopic (exact) mass is 172 g/mol. The Morgan fingerprint density at radius 3 is 2.92 bits per heavy atom. The largest absolute Gasteiger partial charge is 0.316 e. The van der Waals surface area contributed by atoms with Gasteiger partial charge in [0.15, 0.2) is 0 Å². The lowest BCUT2D eigenvalue weighted by atomic mass is 9.78. The van der Waals surface area contributed by atoms with E-state index in [9.17, 15) is 4.79 Å². The van der Waals surface area contributed by atoms with Crippen LogP contribution < -0.4 is 10.8 Å². The number of hydroxylamine groups is 1. The molecule has 0 saturated carbocycles. The average Bonchev–Trinajstić information content (AvgIpc) is 2.17. The summed E-state index contributed by atoms with van der Waals surface area (Å²) in [5.74, 6) is -0.253. The van der Waals surface area contributed by atoms with Crippen molar-refractivity contribution in [2.75, 3.05) is 13.1 Å². The molecule has 0 radical (unpaired) electrons. The van der Waals surface area contributed by atoms with E-state index in [0.717, 1.165) is 25.8 Å². The van der Waals surface area contributed by atoms with Gasteiger partial charge in [0.2, 0.25) is 0 Å². The smallest absolute Gasteiger partial charge is 0.250 e. The molecule has 1 fully saturated rings. The maximum atomic E-state index is 11.3. The number of hydrogen-bond acceptors (Lipinski definition) is 3. The minimum Gasteiger partial charge on any atom is -0.316 e. The maximum Gasteiger partial charge on any atom is 0.250 e. The highest BCUT2D eigenvalue weighted by Crippen LogP contribution is 2.29. The van der Waals surface area contributed by atoms with Crippen molar-refractivity contribution < 1.29 is 10.0 Å². The lowest BCUT2D eigenvalue weighted by Crippen LogP contribution is -2.49. The lowest BCUT2D eigenvalue weighted by molar-refractivity contribution is -0.141. The van der Waals surface area contributed by atoms with Crippen LogP contribution in [0.25, 0.3) is 0 Å². The molecule has 4 heteroatoms. The molecular formula is C8H16N2O2. The van der Waals surface area contributed by atoms with Gasteiger partial charge in [0.1, 0.15) is 0 Å². The summed E-state index contributed by atoms with van der Waals surface area (Å²) in [6.45, 7) is 3.62. The van der Waals surface area contributed by atoms with Crippen molar-refractivity contribution in [3.8, 4) is 0 Å². The zero-order chi connectivity index (χ0) is 9.03. The summed E-state index contributed by atoms with van der Waals surface area (Å²) in [5.41, 5.74) is 1.37. The highest BCUT2D eigenvalue weighted by atomic mass is 16.5. The van der Waals surface area contributed by atoms with Gasteiger partial charge in [-0.05, 0) is 25.8 Å². The van der Waals surface area contributed by atoms with E-state index < -0.39 is 0 Å². The van der Waals surface area contributed by atoms with E-state index in [4.69, 9.17) is 5.21 Å². The van der Waals surface area contributed by atoms with Crippen LogP contribution in [-0.2, 0) is 4.79 Å². The van der Waals surface area contributed by atoms with Crippen LogP contribution in [0.4, 0.5) is 0 Å². The Labute approximate surface area is 72.3 Å². The fourth-order valence-electron chi connectivity index (χ4n) is 1.74. The highest BCUT2D eigenvalue weighted by molar-refractivity contribution is 5.81. The fraction of sp³-hybridized carbons (Fsp3) is 0.875. The molecule has 0 aromatic rings. The second-order valence-electron chi connectivity index (χ2n) is 3.36. The normalized spacial score (nSPS) is 29.8. The third kappa shape index (κ3) is 1.59. The van der Waals surface area contributed by atoms with Crippen molar-refractivity contribution in [1.82, 2.24) is 10.8 Å². The van der Waals surface area contributed by atoms with Crippen molar-refractivity contribution >= 4 is 5.91 Å². The molecule has 70 valence electrons. The molecule has 0 bridgehead atoms. The van der Waals surface area contributed by atoms with E-state index >= 15 is 0 Å². The molecule has 4 nitrogen and oxygen atoms in total. The summed E-state index contributed by atoms with van der Waals surface area (Å²) >= 11 is 0. The van der Waals surface area contributed by atoms with E-state index in [0.29, 0.717) is 6.54 Å². The molecular weight excluding hydrogens is 156 g/mol. The summed E-state index contributed by atoms with van der Waals surface area (Å²) in [7, 11) is 0. The number of rotatable bonds is 2. The van der Waals surface area contributed by atoms with E-state index in [1.807, 2.05) is 6.92 Å². The molecule has 1 unspecified atom stereocenters. The quantitative estimate of drug-likeness (QED) is 0.414. The standard InChI is InChI=1S/C8H16N2O2/c1-2-8(7(11)10-12)4-3-5-9-6-8/h9,12H,2-6H2,1H3,(H,10,11). The van der Waals surface area contributed by atoms with Crippen molar-refractivity contribution in [2.45, 2.75) is 26.2 Å². The SMILES string of the molecule is CCC1(C(=O)NO)CCCNC1. The molecule has 1 rings (SSSR count). The molecule has 0 aromatic carbocycles. The van der Waals surface area contributed by atoms with Crippen molar-refractivity contribution in [1.29, 1.82) is 0 Å². The molecule has 12 heavy (non-hydrogen) atoms. The first-order valence-corrected chi connectivity index (χ1v) is 4.40. The Bertz CT molecular complexity index is 164. The summed E-state index contributed by atoms with van der Waals surface area (Å²) in [5, 5.41) is 11.7. The number of nitrogens with one attached hydrogen (secondary N) is 2. The predicted molar refractivity (Wildman–Crippen MR) is 44.8 cm³/mol. The van der Waals surface area contributed by atoms with Crippen LogP contribution >= 0.6 is 0 Å². The van der Waals surface area contributed by atoms with E-state index in [1.54, 1.807) is 5.48 Å². The molecule has 1 heterocycles. The van der Waals surface area contributed by atoms with Gasteiger partial charge in [-0.2, -0.15) is 0 Å². The van der Waals surface area contributed by atoms with Crippen LogP contribution in [0.5, 0.6) is 0 Å². The average molecular weight is 172 g/mol. The molecule has 1 aliphatic heterocycles. The van der Waals surface area contributed by atoms with Crippen molar-refractivity contribution in [3.63, 3.8) is 0 Å². The van der Waals surface area contributed by atoms with Crippen LogP contribution in [0.1, 0.15) is 26.2 Å². The van der Waals surface area contributed by atoms with Gasteiger partial charge in [-0.15, -0.1) is 0 Å². The first-order valence-electron chi connectivity index (χ1n) is 4.40. The van der Waals surface area contributed by atoms with Gasteiger partial charge < -0.3 is 5.32 Å². The zero-order valence-corrected chi connectivity index (χ0v) is 7.39. The summed E-state index contributed by atoms with van der Waals surface area (Å²) in [6.07, 6.45) is 2.64. The summed E-state index contributed by atoms with van der Waals surface area (Å²) < 4.78 is 0. The molecule has 0 aromatic heterocycles. The predicted octanol–water partition coefficient (Wildman–Crippen LogP) is 0.272. The number of carbonyl (C=O) groups excluding carboxylic acids is 1. The van der Waals surface area contributed by atoms with E-state index in [-0.39, 0.29) is 11.3 Å². The van der Waals surface area contributed by atoms with Crippen LogP contribution in [0.3, 0.4) is 0 Å². The van der Waals surface area contributed by atoms with Crippen LogP contribution in [0.15, 0.2) is 0 Å². The Balaban J connectivity index is 2.66. The summed E-state index contributed by atoms with van der Waals surface area (Å²) in [6, 6.07) is 0. The van der Waals surface area contributed by atoms with Crippen LogP contribution in [0.2, 0.25) is 0 Å². The van der Waals surface area contributed by atoms with Crippen LogP contribution in [-0.4, -0.2) is 24.2 Å². The number of hydrogen-bond donors (Lipinski definition) is 3. The van der Waals surface area contributed by atoms with Gasteiger partial charge in [0.05, 0.1) is 5.41 Å². The number of carbonyl (C=O) groups is 1. The highest BCUT2D eigenvalue weighted by Gasteiger charge is 2.37. The lowest BCUT2D eigenvalue weighted by Gasteiger charge is -2.34. The van der Waals surface area contributed by atoms with Crippen molar-refractivity contribution in [2.24, 2.45) is 5.41 Å². The molecule has 1 atom stereocenters. The number of piperidine rings is 1. The molecule has 1 aliphatic rings. The Morgan fingerprint density at radius 1 is 1.75 bits per heavy atom. The summed E-state index contributed by atoms with van der Waals surface area (Å²) in [4.78, 5) is 11.3. The Hall–Kier alpha value is -0.610. The number of amides is 1. The molecule has 1 saturated heterocycles. The molecule has 0 aliphatic carbocycles. The zero-order valence-electron chi connectivity index (χ0n) is 7.39.